The maximum absolute atomic E-state index is 7.19. The van der Waals surface area contributed by atoms with Gasteiger partial charge in [-0.2, -0.15) is 0 Å². The van der Waals surface area contributed by atoms with Gasteiger partial charge in [0.1, 0.15) is 24.3 Å². The van der Waals surface area contributed by atoms with Crippen molar-refractivity contribution in [1.29, 1.82) is 0 Å². The van der Waals surface area contributed by atoms with E-state index in [9.17, 15) is 0 Å². The van der Waals surface area contributed by atoms with E-state index in [1.165, 1.54) is 15.9 Å². The van der Waals surface area contributed by atoms with Gasteiger partial charge in [0.2, 0.25) is 0 Å². The highest BCUT2D eigenvalue weighted by atomic mass is 127. The van der Waals surface area contributed by atoms with E-state index in [-0.39, 0.29) is 23.5 Å². The molecule has 0 aliphatic carbocycles. The molecule has 0 bridgehead atoms. The van der Waals surface area contributed by atoms with Crippen molar-refractivity contribution in [3.05, 3.63) is 88.9 Å². The predicted octanol–water partition coefficient (Wildman–Crippen LogP) is 4.72. The summed E-state index contributed by atoms with van der Waals surface area (Å²) in [5.41, 5.74) is 2.16. The third kappa shape index (κ3) is 4.82. The molecule has 10 heteroatoms. The lowest BCUT2D eigenvalue weighted by atomic mass is 10.0. The number of halogens is 1. The standard InChI is InChI=1S/C32H36IN5O3Si/c1-6-16-39-25-17-28(38-18-24(33)29-30(36-21-37(4)5)34-20-35-31(29)38)41-26(25)19-40-42(22-12-8-7-9-13-22)27-15-11-10-14-23(27)32(42,2)3/h6-15,18,20-21,25-26,28H,1,16-17,19H2,2-5H3. The largest absolute Gasteiger partial charge is 0.404 e. The molecule has 42 heavy (non-hydrogen) atoms. The van der Waals surface area contributed by atoms with Gasteiger partial charge in [0.25, 0.3) is 8.32 Å². The lowest BCUT2D eigenvalue weighted by Gasteiger charge is -2.55. The molecule has 2 aromatic carbocycles. The van der Waals surface area contributed by atoms with Gasteiger partial charge in [-0.15, -0.1) is 6.58 Å². The summed E-state index contributed by atoms with van der Waals surface area (Å²) in [4.78, 5) is 15.5. The highest BCUT2D eigenvalue weighted by Gasteiger charge is 2.63. The zero-order chi connectivity index (χ0) is 29.5. The van der Waals surface area contributed by atoms with Crippen molar-refractivity contribution in [3.8, 4) is 0 Å². The molecule has 0 saturated carbocycles. The minimum atomic E-state index is -2.57. The maximum atomic E-state index is 7.19. The number of nitrogens with zero attached hydrogens (tertiary/aromatic N) is 5. The molecular weight excluding hydrogens is 657 g/mol. The zero-order valence-electron chi connectivity index (χ0n) is 24.4. The lowest BCUT2D eigenvalue weighted by molar-refractivity contribution is -0.0532. The zero-order valence-corrected chi connectivity index (χ0v) is 27.6. The molecule has 8 nitrogen and oxygen atoms in total. The first-order chi connectivity index (χ1) is 20.3. The Morgan fingerprint density at radius 3 is 2.69 bits per heavy atom. The van der Waals surface area contributed by atoms with E-state index in [1.807, 2.05) is 19.0 Å². The van der Waals surface area contributed by atoms with Crippen LogP contribution in [-0.2, 0) is 18.9 Å². The van der Waals surface area contributed by atoms with Crippen LogP contribution in [0.15, 0.2) is 84.8 Å². The van der Waals surface area contributed by atoms with Crippen molar-refractivity contribution in [3.63, 3.8) is 0 Å². The van der Waals surface area contributed by atoms with Gasteiger partial charge >= 0.3 is 0 Å². The molecule has 0 radical (unpaired) electrons. The Morgan fingerprint density at radius 2 is 1.93 bits per heavy atom. The summed E-state index contributed by atoms with van der Waals surface area (Å²) < 4.78 is 23.3. The van der Waals surface area contributed by atoms with Crippen molar-refractivity contribution in [2.45, 2.75) is 43.7 Å². The van der Waals surface area contributed by atoms with E-state index in [0.717, 1.165) is 14.6 Å². The number of aromatic nitrogens is 3. The monoisotopic (exact) mass is 693 g/mol. The van der Waals surface area contributed by atoms with Gasteiger partial charge in [-0.05, 0) is 38.5 Å². The fraction of sp³-hybridized carbons (Fsp3) is 0.344. The van der Waals surface area contributed by atoms with Gasteiger partial charge in [0.15, 0.2) is 5.82 Å². The second kappa shape index (κ2) is 11.6. The second-order valence-electron chi connectivity index (χ2n) is 11.5. The van der Waals surface area contributed by atoms with Crippen LogP contribution in [0.2, 0.25) is 0 Å². The average molecular weight is 694 g/mol. The third-order valence-electron chi connectivity index (χ3n) is 8.38. The van der Waals surface area contributed by atoms with Crippen LogP contribution in [0.5, 0.6) is 0 Å². The van der Waals surface area contributed by atoms with Crippen LogP contribution in [-0.4, -0.2) is 73.6 Å². The minimum Gasteiger partial charge on any atom is -0.404 e. The van der Waals surface area contributed by atoms with Crippen LogP contribution in [0, 0.1) is 3.57 Å². The molecule has 2 aliphatic rings. The number of ether oxygens (including phenoxy) is 2. The smallest absolute Gasteiger partial charge is 0.266 e. The molecule has 2 aromatic heterocycles. The van der Waals surface area contributed by atoms with E-state index in [1.54, 1.807) is 18.7 Å². The molecule has 0 spiro atoms. The fourth-order valence-electron chi connectivity index (χ4n) is 6.44. The Hall–Kier alpha value is -2.90. The number of rotatable bonds is 10. The molecule has 2 aliphatic heterocycles. The van der Waals surface area contributed by atoms with Crippen molar-refractivity contribution in [1.82, 2.24) is 19.4 Å². The van der Waals surface area contributed by atoms with Crippen LogP contribution in [0.4, 0.5) is 5.82 Å². The highest BCUT2D eigenvalue weighted by molar-refractivity contribution is 14.1. The highest BCUT2D eigenvalue weighted by Crippen LogP contribution is 2.44. The van der Waals surface area contributed by atoms with Gasteiger partial charge < -0.3 is 23.4 Å². The first-order valence-corrected chi connectivity index (χ1v) is 17.2. The number of hydrogen-bond donors (Lipinski definition) is 0. The van der Waals surface area contributed by atoms with Crippen molar-refractivity contribution >= 4 is 64.5 Å². The van der Waals surface area contributed by atoms with Gasteiger partial charge in [-0.1, -0.05) is 74.5 Å². The molecule has 0 N–H and O–H groups in total. The lowest BCUT2D eigenvalue weighted by Crippen LogP contribution is -2.81. The van der Waals surface area contributed by atoms with Crippen LogP contribution in [0.1, 0.15) is 32.1 Å². The van der Waals surface area contributed by atoms with Gasteiger partial charge in [-0.3, -0.25) is 0 Å². The van der Waals surface area contributed by atoms with E-state index in [2.05, 4.69) is 123 Å². The van der Waals surface area contributed by atoms with E-state index in [4.69, 9.17) is 13.9 Å². The summed E-state index contributed by atoms with van der Waals surface area (Å²) in [7, 11) is 1.30. The number of fused-ring (bicyclic) bond motifs is 2. The number of benzene rings is 2. The predicted molar refractivity (Wildman–Crippen MR) is 177 cm³/mol. The number of hydrogen-bond acceptors (Lipinski definition) is 6. The maximum Gasteiger partial charge on any atom is 0.266 e. The molecule has 4 aromatic rings. The molecule has 4 heterocycles. The van der Waals surface area contributed by atoms with Crippen LogP contribution < -0.4 is 10.4 Å². The third-order valence-corrected chi connectivity index (χ3v) is 14.2. The summed E-state index contributed by atoms with van der Waals surface area (Å²) in [6.07, 6.45) is 7.15. The van der Waals surface area contributed by atoms with Crippen molar-refractivity contribution in [2.24, 2.45) is 4.99 Å². The Morgan fingerprint density at radius 1 is 1.17 bits per heavy atom. The van der Waals surface area contributed by atoms with Crippen molar-refractivity contribution in [2.75, 3.05) is 27.3 Å². The Bertz CT molecular complexity index is 1630. The molecule has 4 unspecified atom stereocenters. The average Bonchev–Trinajstić information content (AvgIpc) is 3.56. The molecule has 218 valence electrons. The summed E-state index contributed by atoms with van der Waals surface area (Å²) in [5, 5.41) is 3.44. The Labute approximate surface area is 261 Å². The normalized spacial score (nSPS) is 24.5. The Kier molecular flexibility index (Phi) is 8.09. The summed E-state index contributed by atoms with van der Waals surface area (Å²) >= 11 is 2.32. The second-order valence-corrected chi connectivity index (χ2v) is 16.7. The summed E-state index contributed by atoms with van der Waals surface area (Å²) in [6, 6.07) is 19.5. The number of aliphatic imine (C=N–C) groups is 1. The summed E-state index contributed by atoms with van der Waals surface area (Å²) in [5.74, 6) is 0.635. The van der Waals surface area contributed by atoms with E-state index < -0.39 is 8.32 Å². The molecule has 1 saturated heterocycles. The van der Waals surface area contributed by atoms with E-state index >= 15 is 0 Å². The SMILES string of the molecule is C=CCOC1CC(n2cc(I)c3c(N=CN(C)C)ncnc32)OC1CO[Si]1(c2ccccc2)c2ccccc2C1(C)C. The van der Waals surface area contributed by atoms with Crippen LogP contribution in [0.3, 0.4) is 0 Å². The van der Waals surface area contributed by atoms with Crippen molar-refractivity contribution < 1.29 is 13.9 Å². The first kappa shape index (κ1) is 29.2. The fourth-order valence-corrected chi connectivity index (χ4v) is 12.2. The first-order valence-electron chi connectivity index (χ1n) is 14.2. The van der Waals surface area contributed by atoms with Crippen LogP contribution >= 0.6 is 22.6 Å². The topological polar surface area (TPSA) is 74.0 Å². The van der Waals surface area contributed by atoms with Gasteiger partial charge in [0.05, 0.1) is 31.0 Å². The minimum absolute atomic E-state index is 0.0897. The van der Waals surface area contributed by atoms with Crippen LogP contribution in [0.25, 0.3) is 11.0 Å². The van der Waals surface area contributed by atoms with E-state index in [0.29, 0.717) is 25.5 Å². The molecular formula is C32H36IN5O3Si. The molecule has 4 atom stereocenters. The quantitative estimate of drug-likeness (QED) is 0.0788. The molecule has 1 fully saturated rings. The molecule has 6 rings (SSSR count). The van der Waals surface area contributed by atoms with Gasteiger partial charge in [0, 0.05) is 35.3 Å². The van der Waals surface area contributed by atoms with Gasteiger partial charge in [-0.25, -0.2) is 15.0 Å². The molecule has 0 amide bonds. The Balaban J connectivity index is 1.32. The summed E-state index contributed by atoms with van der Waals surface area (Å²) in [6.45, 7) is 9.39.